The van der Waals surface area contributed by atoms with Crippen LogP contribution in [0.15, 0.2) is 39.9 Å². The van der Waals surface area contributed by atoms with Crippen molar-refractivity contribution < 1.29 is 9.21 Å². The molecule has 2 amide bonds. The fraction of sp³-hybridized carbons (Fsp3) is 0.474. The summed E-state index contributed by atoms with van der Waals surface area (Å²) in [6, 6.07) is 5.61. The minimum absolute atomic E-state index is 0.00490. The molecule has 1 fully saturated rings. The number of fused-ring (bicyclic) bond motifs is 1. The van der Waals surface area contributed by atoms with Crippen LogP contribution in [0.4, 0.5) is 4.79 Å². The van der Waals surface area contributed by atoms with E-state index in [1.54, 1.807) is 30.2 Å². The first kappa shape index (κ1) is 16.0. The van der Waals surface area contributed by atoms with Crippen molar-refractivity contribution >= 4 is 6.03 Å². The molecule has 6 nitrogen and oxygen atoms in total. The Labute approximate surface area is 146 Å². The van der Waals surface area contributed by atoms with Crippen molar-refractivity contribution in [2.24, 2.45) is 7.05 Å². The quantitative estimate of drug-likeness (QED) is 0.930. The summed E-state index contributed by atoms with van der Waals surface area (Å²) in [5.41, 5.74) is 3.12. The van der Waals surface area contributed by atoms with Crippen LogP contribution in [0.3, 0.4) is 0 Å². The molecule has 0 radical (unpaired) electrons. The molecule has 0 aromatic carbocycles. The molecule has 0 bridgehead atoms. The van der Waals surface area contributed by atoms with Crippen LogP contribution in [0, 0.1) is 0 Å². The largest absolute Gasteiger partial charge is 0.472 e. The third-order valence-electron chi connectivity index (χ3n) is 5.24. The van der Waals surface area contributed by atoms with E-state index in [1.807, 2.05) is 17.0 Å². The van der Waals surface area contributed by atoms with Crippen molar-refractivity contribution in [2.75, 3.05) is 0 Å². The highest BCUT2D eigenvalue weighted by Crippen LogP contribution is 2.31. The molecule has 0 spiro atoms. The fourth-order valence-electron chi connectivity index (χ4n) is 3.67. The van der Waals surface area contributed by atoms with Gasteiger partial charge in [-0.15, -0.1) is 0 Å². The number of nitrogens with zero attached hydrogens (tertiary/aromatic N) is 2. The van der Waals surface area contributed by atoms with Gasteiger partial charge in [0, 0.05) is 30.4 Å². The van der Waals surface area contributed by atoms with E-state index in [9.17, 15) is 9.59 Å². The molecule has 2 aromatic heterocycles. The Morgan fingerprint density at radius 1 is 1.32 bits per heavy atom. The second kappa shape index (κ2) is 6.43. The summed E-state index contributed by atoms with van der Waals surface area (Å²) < 4.78 is 6.83. The van der Waals surface area contributed by atoms with E-state index < -0.39 is 0 Å². The molecule has 1 atom stereocenters. The molecule has 2 heterocycles. The van der Waals surface area contributed by atoms with E-state index in [-0.39, 0.29) is 17.6 Å². The number of hydrogen-bond donors (Lipinski definition) is 1. The van der Waals surface area contributed by atoms with E-state index in [0.29, 0.717) is 12.6 Å². The van der Waals surface area contributed by atoms with Gasteiger partial charge in [0.1, 0.15) is 0 Å². The number of aromatic nitrogens is 1. The molecule has 0 saturated heterocycles. The molecule has 2 aliphatic carbocycles. The smallest absolute Gasteiger partial charge is 0.318 e. The number of urea groups is 1. The molecular weight excluding hydrogens is 318 g/mol. The van der Waals surface area contributed by atoms with E-state index in [1.165, 1.54) is 0 Å². The van der Waals surface area contributed by atoms with Gasteiger partial charge in [-0.1, -0.05) is 0 Å². The zero-order valence-electron chi connectivity index (χ0n) is 14.4. The topological polar surface area (TPSA) is 67.5 Å². The first-order valence-electron chi connectivity index (χ1n) is 8.90. The maximum Gasteiger partial charge on any atom is 0.318 e. The number of pyridine rings is 1. The fourth-order valence-corrected chi connectivity index (χ4v) is 3.67. The first-order chi connectivity index (χ1) is 12.1. The summed E-state index contributed by atoms with van der Waals surface area (Å²) in [7, 11) is 1.81. The van der Waals surface area contributed by atoms with Gasteiger partial charge in [-0.3, -0.25) is 4.79 Å². The maximum atomic E-state index is 12.9. The third kappa shape index (κ3) is 3.21. The second-order valence-corrected chi connectivity index (χ2v) is 7.02. The molecule has 0 aliphatic heterocycles. The predicted octanol–water partition coefficient (Wildman–Crippen LogP) is 2.73. The molecule has 1 N–H and O–H groups in total. The highest BCUT2D eigenvalue weighted by molar-refractivity contribution is 5.75. The lowest BCUT2D eigenvalue weighted by Crippen LogP contribution is -2.43. The molecule has 1 unspecified atom stereocenters. The van der Waals surface area contributed by atoms with Gasteiger partial charge in [0.05, 0.1) is 25.1 Å². The van der Waals surface area contributed by atoms with E-state index in [0.717, 1.165) is 48.9 Å². The van der Waals surface area contributed by atoms with E-state index in [2.05, 4.69) is 5.32 Å². The van der Waals surface area contributed by atoms with Crippen molar-refractivity contribution in [2.45, 2.75) is 50.7 Å². The Balaban J connectivity index is 1.53. The third-order valence-corrected chi connectivity index (χ3v) is 5.24. The zero-order valence-corrected chi connectivity index (χ0v) is 14.4. The maximum absolute atomic E-state index is 12.9. The lowest BCUT2D eigenvalue weighted by Gasteiger charge is -2.30. The molecular formula is C19H23N3O3. The number of nitrogens with one attached hydrogen (secondary N) is 1. The summed E-state index contributed by atoms with van der Waals surface area (Å²) in [4.78, 5) is 26.7. The highest BCUT2D eigenvalue weighted by atomic mass is 16.3. The van der Waals surface area contributed by atoms with Crippen LogP contribution < -0.4 is 10.9 Å². The van der Waals surface area contributed by atoms with Gasteiger partial charge in [0.15, 0.2) is 0 Å². The average molecular weight is 341 g/mol. The number of hydrogen-bond acceptors (Lipinski definition) is 3. The number of rotatable bonds is 4. The number of furan rings is 1. The summed E-state index contributed by atoms with van der Waals surface area (Å²) >= 11 is 0. The normalized spacial score (nSPS) is 19.3. The SMILES string of the molecule is Cn1c2c(ccc1=O)C(NC(=O)N(Cc1ccoc1)C1CC1)CCC2. The Kier molecular flexibility index (Phi) is 4.11. The van der Waals surface area contributed by atoms with Crippen LogP contribution in [0.5, 0.6) is 0 Å². The molecule has 132 valence electrons. The highest BCUT2D eigenvalue weighted by Gasteiger charge is 2.34. The van der Waals surface area contributed by atoms with Gasteiger partial charge in [-0.05, 0) is 49.8 Å². The van der Waals surface area contributed by atoms with Gasteiger partial charge in [0.2, 0.25) is 5.56 Å². The average Bonchev–Trinajstić information content (AvgIpc) is 3.32. The summed E-state index contributed by atoms with van der Waals surface area (Å²) in [5.74, 6) is 0. The van der Waals surface area contributed by atoms with Gasteiger partial charge in [0.25, 0.3) is 0 Å². The lowest BCUT2D eigenvalue weighted by molar-refractivity contribution is 0.186. The number of carbonyl (C=O) groups excluding carboxylic acids is 1. The zero-order chi connectivity index (χ0) is 17.4. The van der Waals surface area contributed by atoms with Gasteiger partial charge < -0.3 is 19.2 Å². The van der Waals surface area contributed by atoms with Crippen LogP contribution in [0.1, 0.15) is 48.5 Å². The number of amides is 2. The van der Waals surface area contributed by atoms with Gasteiger partial charge in [-0.2, -0.15) is 0 Å². The molecule has 2 aliphatic rings. The first-order valence-corrected chi connectivity index (χ1v) is 8.90. The van der Waals surface area contributed by atoms with Crippen molar-refractivity contribution in [3.05, 3.63) is 57.9 Å². The van der Waals surface area contributed by atoms with E-state index >= 15 is 0 Å². The monoisotopic (exact) mass is 341 g/mol. The molecule has 4 rings (SSSR count). The summed E-state index contributed by atoms with van der Waals surface area (Å²) in [6.45, 7) is 0.569. The van der Waals surface area contributed by atoms with Crippen molar-refractivity contribution in [1.29, 1.82) is 0 Å². The van der Waals surface area contributed by atoms with E-state index in [4.69, 9.17) is 4.42 Å². The summed E-state index contributed by atoms with van der Waals surface area (Å²) in [5, 5.41) is 3.20. The molecule has 2 aromatic rings. The molecule has 25 heavy (non-hydrogen) atoms. The Hall–Kier alpha value is -2.50. The van der Waals surface area contributed by atoms with Crippen molar-refractivity contribution in [3.63, 3.8) is 0 Å². The van der Waals surface area contributed by atoms with Crippen LogP contribution in [0.25, 0.3) is 0 Å². The van der Waals surface area contributed by atoms with Crippen LogP contribution in [0.2, 0.25) is 0 Å². The Morgan fingerprint density at radius 3 is 2.88 bits per heavy atom. The standard InChI is InChI=1S/C19H23N3O3/c1-21-17-4-2-3-16(15(17)7-8-18(21)23)20-19(24)22(14-5-6-14)11-13-9-10-25-12-13/h7-10,12,14,16H,2-6,11H2,1H3,(H,20,24). The Morgan fingerprint density at radius 2 is 2.16 bits per heavy atom. The molecule has 1 saturated carbocycles. The minimum Gasteiger partial charge on any atom is -0.472 e. The summed E-state index contributed by atoms with van der Waals surface area (Å²) in [6.07, 6.45) is 8.20. The van der Waals surface area contributed by atoms with Crippen LogP contribution in [-0.4, -0.2) is 21.5 Å². The van der Waals surface area contributed by atoms with Crippen molar-refractivity contribution in [1.82, 2.24) is 14.8 Å². The van der Waals surface area contributed by atoms with Gasteiger partial charge in [-0.25, -0.2) is 4.79 Å². The number of carbonyl (C=O) groups is 1. The van der Waals surface area contributed by atoms with Crippen LogP contribution >= 0.6 is 0 Å². The van der Waals surface area contributed by atoms with Crippen LogP contribution in [-0.2, 0) is 20.0 Å². The predicted molar refractivity (Wildman–Crippen MR) is 93.2 cm³/mol. The second-order valence-electron chi connectivity index (χ2n) is 7.02. The lowest BCUT2D eigenvalue weighted by atomic mass is 9.91. The minimum atomic E-state index is -0.0337. The molecule has 6 heteroatoms. The van der Waals surface area contributed by atoms with Crippen molar-refractivity contribution in [3.8, 4) is 0 Å². The Bertz CT molecular complexity index is 821. The van der Waals surface area contributed by atoms with Gasteiger partial charge >= 0.3 is 6.03 Å².